The summed E-state index contributed by atoms with van der Waals surface area (Å²) in [4.78, 5) is 0. The molecule has 3 aliphatic carbocycles. The largest absolute Gasteiger partial charge is 0.0683 e. The molecular formula is C16H32. The second-order valence-electron chi connectivity index (χ2n) is 5.48. The summed E-state index contributed by atoms with van der Waals surface area (Å²) in [5, 5.41) is 0. The van der Waals surface area contributed by atoms with Crippen LogP contribution in [0.3, 0.4) is 0 Å². The molecule has 0 N–H and O–H groups in total. The van der Waals surface area contributed by atoms with Gasteiger partial charge in [0.1, 0.15) is 0 Å². The zero-order valence-electron chi connectivity index (χ0n) is 12.1. The molecule has 3 fully saturated rings. The van der Waals surface area contributed by atoms with Gasteiger partial charge in [-0.05, 0) is 55.3 Å². The molecule has 5 atom stereocenters. The molecular weight excluding hydrogens is 192 g/mol. The van der Waals surface area contributed by atoms with Crippen molar-refractivity contribution in [2.24, 2.45) is 29.6 Å². The number of hydrogen-bond donors (Lipinski definition) is 0. The van der Waals surface area contributed by atoms with E-state index in [1.165, 1.54) is 18.3 Å². The molecule has 96 valence electrons. The highest BCUT2D eigenvalue weighted by Crippen LogP contribution is 2.59. The summed E-state index contributed by atoms with van der Waals surface area (Å²) in [5.74, 6) is 5.75. The standard InChI is InChI=1S/C12H20.2C2H6/c1-8-6-9-7-12(8)11-5-3-2-4-10(9)11;2*1-2/h8-12H,2-7H2,1H3;2*1-2H3. The van der Waals surface area contributed by atoms with E-state index in [0.29, 0.717) is 0 Å². The first-order valence-electron chi connectivity index (χ1n) is 7.86. The molecule has 3 rings (SSSR count). The second kappa shape index (κ2) is 6.67. The lowest BCUT2D eigenvalue weighted by Crippen LogP contribution is -2.29. The average Bonchev–Trinajstić information content (AvgIpc) is 2.92. The van der Waals surface area contributed by atoms with Crippen LogP contribution < -0.4 is 0 Å². The molecule has 0 heteroatoms. The molecule has 0 amide bonds. The molecule has 0 aromatic carbocycles. The minimum absolute atomic E-state index is 1.08. The Hall–Kier alpha value is 0. The molecule has 0 heterocycles. The predicted molar refractivity (Wildman–Crippen MR) is 73.5 cm³/mol. The van der Waals surface area contributed by atoms with Gasteiger partial charge in [-0.3, -0.25) is 0 Å². The van der Waals surface area contributed by atoms with Gasteiger partial charge in [-0.25, -0.2) is 0 Å². The van der Waals surface area contributed by atoms with Crippen LogP contribution in [0.25, 0.3) is 0 Å². The Labute approximate surface area is 103 Å². The van der Waals surface area contributed by atoms with Gasteiger partial charge in [0.05, 0.1) is 0 Å². The zero-order chi connectivity index (χ0) is 12.1. The van der Waals surface area contributed by atoms with Crippen molar-refractivity contribution in [1.82, 2.24) is 0 Å². The number of hydrogen-bond acceptors (Lipinski definition) is 0. The molecule has 3 saturated carbocycles. The van der Waals surface area contributed by atoms with E-state index in [1.807, 2.05) is 27.7 Å². The topological polar surface area (TPSA) is 0 Å². The summed E-state index contributed by atoms with van der Waals surface area (Å²) in [7, 11) is 0. The van der Waals surface area contributed by atoms with Crippen LogP contribution in [-0.2, 0) is 0 Å². The molecule has 0 aliphatic heterocycles. The second-order valence-corrected chi connectivity index (χ2v) is 5.48. The fourth-order valence-corrected chi connectivity index (χ4v) is 4.58. The van der Waals surface area contributed by atoms with Crippen molar-refractivity contribution in [2.45, 2.75) is 73.1 Å². The van der Waals surface area contributed by atoms with Crippen molar-refractivity contribution in [2.75, 3.05) is 0 Å². The third-order valence-electron chi connectivity index (χ3n) is 5.01. The predicted octanol–water partition coefficient (Wildman–Crippen LogP) is 5.52. The first kappa shape index (κ1) is 14.1. The quantitative estimate of drug-likeness (QED) is 0.508. The lowest BCUT2D eigenvalue weighted by molar-refractivity contribution is 0.123. The molecule has 0 spiro atoms. The van der Waals surface area contributed by atoms with E-state index < -0.39 is 0 Å². The van der Waals surface area contributed by atoms with Gasteiger partial charge in [-0.15, -0.1) is 0 Å². The van der Waals surface area contributed by atoms with E-state index in [-0.39, 0.29) is 0 Å². The van der Waals surface area contributed by atoms with Crippen molar-refractivity contribution in [1.29, 1.82) is 0 Å². The van der Waals surface area contributed by atoms with Gasteiger partial charge in [0, 0.05) is 0 Å². The minimum atomic E-state index is 1.08. The van der Waals surface area contributed by atoms with Crippen LogP contribution in [0.4, 0.5) is 0 Å². The van der Waals surface area contributed by atoms with Crippen LogP contribution in [0, 0.1) is 29.6 Å². The summed E-state index contributed by atoms with van der Waals surface area (Å²) >= 11 is 0. The number of rotatable bonds is 0. The Morgan fingerprint density at radius 3 is 1.88 bits per heavy atom. The molecule has 0 aromatic rings. The molecule has 0 radical (unpaired) electrons. The summed E-state index contributed by atoms with van der Waals surface area (Å²) in [6, 6.07) is 0. The highest BCUT2D eigenvalue weighted by atomic mass is 14.6. The van der Waals surface area contributed by atoms with Crippen LogP contribution in [-0.4, -0.2) is 0 Å². The monoisotopic (exact) mass is 224 g/mol. The Morgan fingerprint density at radius 1 is 0.688 bits per heavy atom. The van der Waals surface area contributed by atoms with Gasteiger partial charge >= 0.3 is 0 Å². The fraction of sp³-hybridized carbons (Fsp3) is 1.00. The Kier molecular flexibility index (Phi) is 5.86. The van der Waals surface area contributed by atoms with Crippen molar-refractivity contribution in [3.05, 3.63) is 0 Å². The number of fused-ring (bicyclic) bond motifs is 5. The van der Waals surface area contributed by atoms with Crippen LogP contribution >= 0.6 is 0 Å². The molecule has 16 heavy (non-hydrogen) atoms. The average molecular weight is 224 g/mol. The third kappa shape index (κ3) is 2.46. The van der Waals surface area contributed by atoms with Crippen LogP contribution in [0.5, 0.6) is 0 Å². The maximum atomic E-state index is 2.50. The highest BCUT2D eigenvalue weighted by Gasteiger charge is 2.50. The highest BCUT2D eigenvalue weighted by molar-refractivity contribution is 5.00. The Balaban J connectivity index is 0.000000291. The molecule has 5 unspecified atom stereocenters. The summed E-state index contributed by atoms with van der Waals surface area (Å²) < 4.78 is 0. The molecule has 0 aromatic heterocycles. The molecule has 0 nitrogen and oxygen atoms in total. The van der Waals surface area contributed by atoms with Gasteiger partial charge in [0.25, 0.3) is 0 Å². The van der Waals surface area contributed by atoms with E-state index in [4.69, 9.17) is 0 Å². The summed E-state index contributed by atoms with van der Waals surface area (Å²) in [6.45, 7) is 10.5. The van der Waals surface area contributed by atoms with Crippen LogP contribution in [0.15, 0.2) is 0 Å². The lowest BCUT2D eigenvalue weighted by atomic mass is 9.68. The fourth-order valence-electron chi connectivity index (χ4n) is 4.58. The van der Waals surface area contributed by atoms with Crippen molar-refractivity contribution >= 4 is 0 Å². The van der Waals surface area contributed by atoms with E-state index in [0.717, 1.165) is 17.8 Å². The first-order valence-corrected chi connectivity index (χ1v) is 7.86. The molecule has 2 bridgehead atoms. The maximum Gasteiger partial charge on any atom is -0.0352 e. The zero-order valence-corrected chi connectivity index (χ0v) is 12.1. The third-order valence-corrected chi connectivity index (χ3v) is 5.01. The van der Waals surface area contributed by atoms with Crippen LogP contribution in [0.2, 0.25) is 0 Å². The van der Waals surface area contributed by atoms with E-state index in [2.05, 4.69) is 6.92 Å². The minimum Gasteiger partial charge on any atom is -0.0683 e. The van der Waals surface area contributed by atoms with Crippen molar-refractivity contribution in [3.8, 4) is 0 Å². The van der Waals surface area contributed by atoms with E-state index in [9.17, 15) is 0 Å². The first-order chi connectivity index (χ1) is 7.86. The smallest absolute Gasteiger partial charge is 0.0352 e. The van der Waals surface area contributed by atoms with Gasteiger partial charge in [0.2, 0.25) is 0 Å². The molecule has 3 aliphatic rings. The molecule has 0 saturated heterocycles. The van der Waals surface area contributed by atoms with Crippen LogP contribution in [0.1, 0.15) is 73.1 Å². The van der Waals surface area contributed by atoms with E-state index in [1.54, 1.807) is 32.1 Å². The lowest BCUT2D eigenvalue weighted by Gasteiger charge is -2.37. The van der Waals surface area contributed by atoms with Gasteiger partial charge < -0.3 is 0 Å². The van der Waals surface area contributed by atoms with Crippen molar-refractivity contribution < 1.29 is 0 Å². The summed E-state index contributed by atoms with van der Waals surface area (Å²) in [6.07, 6.45) is 9.42. The van der Waals surface area contributed by atoms with Gasteiger partial charge in [0.15, 0.2) is 0 Å². The van der Waals surface area contributed by atoms with Gasteiger partial charge in [-0.1, -0.05) is 47.5 Å². The maximum absolute atomic E-state index is 2.50. The van der Waals surface area contributed by atoms with E-state index >= 15 is 0 Å². The Morgan fingerprint density at radius 2 is 1.25 bits per heavy atom. The van der Waals surface area contributed by atoms with Crippen molar-refractivity contribution in [3.63, 3.8) is 0 Å². The summed E-state index contributed by atoms with van der Waals surface area (Å²) in [5.41, 5.74) is 0. The Bertz CT molecular complexity index is 182. The van der Waals surface area contributed by atoms with Gasteiger partial charge in [-0.2, -0.15) is 0 Å². The SMILES string of the molecule is CC.CC.CC1CC2CC1C1CCCCC21. The normalized spacial score (nSPS) is 43.7.